The summed E-state index contributed by atoms with van der Waals surface area (Å²) in [5.41, 5.74) is 1.05. The second-order valence-electron chi connectivity index (χ2n) is 7.63. The number of hydrogen-bond acceptors (Lipinski definition) is 4. The Morgan fingerprint density at radius 2 is 1.79 bits per heavy atom. The fraction of sp³-hybridized carbons (Fsp3) is 0.591. The molecule has 1 aromatic rings. The molecule has 1 radical (unpaired) electrons. The molecule has 153 valence electrons. The third-order valence-electron chi connectivity index (χ3n) is 5.49. The number of morpholine rings is 1. The van der Waals surface area contributed by atoms with Crippen molar-refractivity contribution in [2.75, 3.05) is 39.4 Å². The van der Waals surface area contributed by atoms with Gasteiger partial charge < -0.3 is 15.4 Å². The van der Waals surface area contributed by atoms with Crippen molar-refractivity contribution >= 4 is 11.8 Å². The highest BCUT2D eigenvalue weighted by molar-refractivity contribution is 5.94. The summed E-state index contributed by atoms with van der Waals surface area (Å²) in [7, 11) is 0. The van der Waals surface area contributed by atoms with Crippen LogP contribution in [0.5, 0.6) is 0 Å². The molecule has 1 unspecified atom stereocenters. The van der Waals surface area contributed by atoms with Gasteiger partial charge in [-0.05, 0) is 31.4 Å². The largest absolute Gasteiger partial charge is 0.379 e. The molecule has 2 N–H and O–H groups in total. The number of nitrogens with one attached hydrogen (secondary N) is 2. The Kier molecular flexibility index (Phi) is 8.30. The van der Waals surface area contributed by atoms with Crippen LogP contribution >= 0.6 is 0 Å². The van der Waals surface area contributed by atoms with Crippen LogP contribution in [0.4, 0.5) is 0 Å². The standard InChI is InChI=1S/C22H32N3O3/c26-21(19-9-4-5-10-19)24-20(17-18-7-2-1-3-8-18)22(27)23-11-6-12-25-13-15-28-16-14-25/h1-3,7-8,20H,4-6,9-17H2,(H,23,27)(H,24,26). The third-order valence-corrected chi connectivity index (χ3v) is 5.49. The first-order valence-electron chi connectivity index (χ1n) is 10.5. The van der Waals surface area contributed by atoms with Crippen LogP contribution in [0.3, 0.4) is 0 Å². The lowest BCUT2D eigenvalue weighted by atomic mass is 10.0. The lowest BCUT2D eigenvalue weighted by molar-refractivity contribution is -0.128. The van der Waals surface area contributed by atoms with E-state index in [0.29, 0.717) is 13.0 Å². The molecule has 1 heterocycles. The number of rotatable bonds is 9. The Bertz CT molecular complexity index is 611. The van der Waals surface area contributed by atoms with E-state index in [9.17, 15) is 9.59 Å². The Balaban J connectivity index is 1.49. The molecule has 6 heteroatoms. The number of carbonyl (C=O) groups excluding carboxylic acids is 2. The van der Waals surface area contributed by atoms with Gasteiger partial charge >= 0.3 is 0 Å². The van der Waals surface area contributed by atoms with E-state index in [1.807, 2.05) is 30.3 Å². The summed E-state index contributed by atoms with van der Waals surface area (Å²) >= 11 is 0. The second kappa shape index (κ2) is 11.2. The van der Waals surface area contributed by atoms with Crippen molar-refractivity contribution in [1.29, 1.82) is 0 Å². The van der Waals surface area contributed by atoms with E-state index in [4.69, 9.17) is 4.74 Å². The zero-order valence-electron chi connectivity index (χ0n) is 16.6. The third kappa shape index (κ3) is 6.60. The molecule has 0 spiro atoms. The molecule has 0 aromatic heterocycles. The molecule has 1 atom stereocenters. The molecule has 6 nitrogen and oxygen atoms in total. The number of benzene rings is 1. The zero-order chi connectivity index (χ0) is 19.6. The van der Waals surface area contributed by atoms with Gasteiger partial charge in [-0.15, -0.1) is 0 Å². The topological polar surface area (TPSA) is 70.7 Å². The molecule has 1 aliphatic heterocycles. The summed E-state index contributed by atoms with van der Waals surface area (Å²) in [6.07, 6.45) is 5.25. The van der Waals surface area contributed by atoms with Crippen LogP contribution in [0.1, 0.15) is 37.7 Å². The van der Waals surface area contributed by atoms with Gasteiger partial charge in [-0.1, -0.05) is 43.2 Å². The number of amides is 2. The van der Waals surface area contributed by atoms with Crippen LogP contribution in [-0.4, -0.2) is 62.1 Å². The number of ether oxygens (including phenoxy) is 1. The van der Waals surface area contributed by atoms with Gasteiger partial charge in [0.2, 0.25) is 11.8 Å². The van der Waals surface area contributed by atoms with E-state index in [1.54, 1.807) is 0 Å². The number of carbonyl (C=O) groups is 2. The summed E-state index contributed by atoms with van der Waals surface area (Å²) in [6.45, 7) is 5.07. The highest BCUT2D eigenvalue weighted by Crippen LogP contribution is 2.26. The Morgan fingerprint density at radius 1 is 1.07 bits per heavy atom. The number of hydrogen-bond donors (Lipinski definition) is 2. The summed E-state index contributed by atoms with van der Waals surface area (Å²) < 4.78 is 5.36. The van der Waals surface area contributed by atoms with Crippen molar-refractivity contribution in [1.82, 2.24) is 15.5 Å². The second-order valence-corrected chi connectivity index (χ2v) is 7.63. The van der Waals surface area contributed by atoms with Gasteiger partial charge in [-0.3, -0.25) is 14.5 Å². The van der Waals surface area contributed by atoms with Crippen LogP contribution < -0.4 is 10.6 Å². The molecular weight excluding hydrogens is 354 g/mol. The first kappa shape index (κ1) is 20.8. The molecule has 2 aliphatic rings. The van der Waals surface area contributed by atoms with Crippen molar-refractivity contribution < 1.29 is 14.3 Å². The maximum atomic E-state index is 12.8. The first-order valence-corrected chi connectivity index (χ1v) is 10.5. The van der Waals surface area contributed by atoms with E-state index >= 15 is 0 Å². The van der Waals surface area contributed by atoms with E-state index < -0.39 is 6.04 Å². The lowest BCUT2D eigenvalue weighted by Crippen LogP contribution is -2.49. The predicted molar refractivity (Wildman–Crippen MR) is 109 cm³/mol. The lowest BCUT2D eigenvalue weighted by Gasteiger charge is -2.26. The Hall–Kier alpha value is -1.92. The first-order chi connectivity index (χ1) is 13.7. The van der Waals surface area contributed by atoms with Crippen molar-refractivity contribution in [3.63, 3.8) is 0 Å². The molecule has 1 aromatic carbocycles. The normalized spacial score (nSPS) is 19.3. The Morgan fingerprint density at radius 3 is 2.50 bits per heavy atom. The predicted octanol–water partition coefficient (Wildman–Crippen LogP) is 1.70. The quantitative estimate of drug-likeness (QED) is 0.634. The molecule has 2 amide bonds. The van der Waals surface area contributed by atoms with E-state index in [2.05, 4.69) is 15.5 Å². The summed E-state index contributed by atoms with van der Waals surface area (Å²) in [5, 5.41) is 6.00. The fourth-order valence-corrected chi connectivity index (χ4v) is 3.81. The summed E-state index contributed by atoms with van der Waals surface area (Å²) in [5.74, 6) is 0.776. The summed E-state index contributed by atoms with van der Waals surface area (Å²) in [6, 6.07) is 9.32. The highest BCUT2D eigenvalue weighted by atomic mass is 16.5. The zero-order valence-corrected chi connectivity index (χ0v) is 16.6. The van der Waals surface area contributed by atoms with Crippen molar-refractivity contribution in [2.45, 2.75) is 44.6 Å². The van der Waals surface area contributed by atoms with Gasteiger partial charge in [0.15, 0.2) is 0 Å². The van der Waals surface area contributed by atoms with E-state index in [1.165, 1.54) is 0 Å². The fourth-order valence-electron chi connectivity index (χ4n) is 3.81. The maximum absolute atomic E-state index is 12.8. The monoisotopic (exact) mass is 386 g/mol. The van der Waals surface area contributed by atoms with Crippen molar-refractivity contribution in [3.05, 3.63) is 41.8 Å². The minimum Gasteiger partial charge on any atom is -0.379 e. The number of nitrogens with zero attached hydrogens (tertiary/aromatic N) is 1. The van der Waals surface area contributed by atoms with Gasteiger partial charge in [0.25, 0.3) is 0 Å². The van der Waals surface area contributed by atoms with Crippen LogP contribution in [0.25, 0.3) is 0 Å². The molecule has 1 saturated heterocycles. The molecule has 3 rings (SSSR count). The molecule has 1 aliphatic carbocycles. The Labute approximate surface area is 168 Å². The molecule has 28 heavy (non-hydrogen) atoms. The smallest absolute Gasteiger partial charge is 0.242 e. The average molecular weight is 387 g/mol. The van der Waals surface area contributed by atoms with Gasteiger partial charge in [0, 0.05) is 26.1 Å². The van der Waals surface area contributed by atoms with Crippen molar-refractivity contribution in [2.24, 2.45) is 0 Å². The molecule has 1 saturated carbocycles. The maximum Gasteiger partial charge on any atom is 0.242 e. The minimum absolute atomic E-state index is 0.0538. The summed E-state index contributed by atoms with van der Waals surface area (Å²) in [4.78, 5) is 27.7. The van der Waals surface area contributed by atoms with Crippen LogP contribution in [-0.2, 0) is 20.7 Å². The van der Waals surface area contributed by atoms with E-state index in [0.717, 1.165) is 76.4 Å². The van der Waals surface area contributed by atoms with Gasteiger partial charge in [0.05, 0.1) is 19.1 Å². The van der Waals surface area contributed by atoms with Gasteiger partial charge in [0.1, 0.15) is 6.04 Å². The van der Waals surface area contributed by atoms with Crippen molar-refractivity contribution in [3.8, 4) is 0 Å². The minimum atomic E-state index is -0.536. The SMILES string of the molecule is O=C(NC(Cc1ccccc1)C(=O)NCCCN1CCOCC1)[C]1CCCC1. The van der Waals surface area contributed by atoms with Gasteiger partial charge in [-0.25, -0.2) is 0 Å². The average Bonchev–Trinajstić information content (AvgIpc) is 3.27. The van der Waals surface area contributed by atoms with Crippen LogP contribution in [0.15, 0.2) is 30.3 Å². The highest BCUT2D eigenvalue weighted by Gasteiger charge is 2.28. The van der Waals surface area contributed by atoms with Crippen LogP contribution in [0.2, 0.25) is 0 Å². The molecule has 0 bridgehead atoms. The molecule has 2 fully saturated rings. The molecular formula is C22H32N3O3. The van der Waals surface area contributed by atoms with E-state index in [-0.39, 0.29) is 11.8 Å². The van der Waals surface area contributed by atoms with Crippen LogP contribution in [0, 0.1) is 5.92 Å². The van der Waals surface area contributed by atoms with Gasteiger partial charge in [-0.2, -0.15) is 0 Å².